The highest BCUT2D eigenvalue weighted by Gasteiger charge is 2.19. The third-order valence-corrected chi connectivity index (χ3v) is 16.5. The smallest absolute Gasteiger partial charge is 0.306 e. The van der Waals surface area contributed by atoms with Gasteiger partial charge in [-0.05, 0) is 64.2 Å². The molecular weight excluding hydrogens is 1020 g/mol. The van der Waals surface area contributed by atoms with Gasteiger partial charge in [-0.2, -0.15) is 0 Å². The Balaban J connectivity index is 4.15. The molecule has 0 saturated carbocycles. The lowest BCUT2D eigenvalue weighted by Crippen LogP contribution is -2.30. The third-order valence-electron chi connectivity index (χ3n) is 16.5. The molecule has 6 heteroatoms. The van der Waals surface area contributed by atoms with Gasteiger partial charge in [-0.25, -0.2) is 0 Å². The van der Waals surface area contributed by atoms with Crippen molar-refractivity contribution in [1.29, 1.82) is 0 Å². The number of hydrogen-bond acceptors (Lipinski definition) is 6. The molecule has 0 aliphatic heterocycles. The zero-order valence-corrected chi connectivity index (χ0v) is 55.7. The van der Waals surface area contributed by atoms with E-state index in [9.17, 15) is 14.4 Å². The summed E-state index contributed by atoms with van der Waals surface area (Å²) >= 11 is 0. The maximum Gasteiger partial charge on any atom is 0.306 e. The van der Waals surface area contributed by atoms with Crippen molar-refractivity contribution in [2.24, 2.45) is 0 Å². The van der Waals surface area contributed by atoms with Crippen LogP contribution in [0.1, 0.15) is 393 Å². The van der Waals surface area contributed by atoms with Gasteiger partial charge in [-0.1, -0.05) is 370 Å². The molecule has 0 radical (unpaired) electrons. The standard InChI is InChI=1S/C77H140O6/c1-4-7-10-13-16-19-22-25-27-29-31-32-33-34-35-36-37-38-39-40-41-42-43-44-46-47-49-52-55-58-61-64-67-70-76(79)82-73-74(72-81-75(78)69-66-63-60-57-54-51-24-21-18-15-12-9-6-3)83-77(80)71-68-65-62-59-56-53-50-48-45-30-28-26-23-20-17-14-11-8-5-2/h8,11,17,20,26,28,45,48,53,56,74H,4-7,9-10,12-16,18-19,21-25,27,29-44,46-47,49-52,54-55,57-73H2,1-3H3/b11-8-,20-17-,28-26-,48-45-,56-53-. The van der Waals surface area contributed by atoms with Gasteiger partial charge in [-0.3, -0.25) is 14.4 Å². The van der Waals surface area contributed by atoms with E-state index < -0.39 is 6.10 Å². The van der Waals surface area contributed by atoms with Crippen LogP contribution in [0.3, 0.4) is 0 Å². The molecule has 484 valence electrons. The first-order valence-electron chi connectivity index (χ1n) is 36.8. The molecule has 0 aromatic rings. The number of rotatable bonds is 68. The molecule has 0 heterocycles. The molecule has 1 atom stereocenters. The second kappa shape index (κ2) is 71.6. The average molecular weight is 1160 g/mol. The summed E-state index contributed by atoms with van der Waals surface area (Å²) in [4.78, 5) is 38.4. The quantitative estimate of drug-likeness (QED) is 0.0261. The Morgan fingerprint density at radius 3 is 0.735 bits per heavy atom. The Kier molecular flexibility index (Phi) is 69.1. The summed E-state index contributed by atoms with van der Waals surface area (Å²) in [5.41, 5.74) is 0. The fourth-order valence-corrected chi connectivity index (χ4v) is 11.1. The van der Waals surface area contributed by atoms with Crippen LogP contribution in [0.25, 0.3) is 0 Å². The molecule has 0 aromatic heterocycles. The van der Waals surface area contributed by atoms with Crippen LogP contribution in [0.15, 0.2) is 60.8 Å². The van der Waals surface area contributed by atoms with Crippen LogP contribution in [-0.2, 0) is 28.6 Å². The predicted molar refractivity (Wildman–Crippen MR) is 362 cm³/mol. The predicted octanol–water partition coefficient (Wildman–Crippen LogP) is 25.5. The van der Waals surface area contributed by atoms with Crippen LogP contribution in [0.2, 0.25) is 0 Å². The molecule has 0 saturated heterocycles. The van der Waals surface area contributed by atoms with E-state index in [1.54, 1.807) is 0 Å². The molecular formula is C77H140O6. The van der Waals surface area contributed by atoms with Gasteiger partial charge >= 0.3 is 17.9 Å². The number of allylic oxidation sites excluding steroid dienone is 10. The summed E-state index contributed by atoms with van der Waals surface area (Å²) in [5, 5.41) is 0. The van der Waals surface area contributed by atoms with Gasteiger partial charge < -0.3 is 14.2 Å². The van der Waals surface area contributed by atoms with Gasteiger partial charge in [0.1, 0.15) is 13.2 Å². The minimum atomic E-state index is -0.790. The number of esters is 3. The summed E-state index contributed by atoms with van der Waals surface area (Å²) < 4.78 is 17.0. The number of unbranched alkanes of at least 4 members (excludes halogenated alkanes) is 47. The zero-order chi connectivity index (χ0) is 59.9. The van der Waals surface area contributed by atoms with Crippen LogP contribution in [-0.4, -0.2) is 37.2 Å². The number of hydrogen-bond donors (Lipinski definition) is 0. The molecule has 0 rings (SSSR count). The molecule has 0 aliphatic rings. The Hall–Kier alpha value is -2.89. The largest absolute Gasteiger partial charge is 0.462 e. The van der Waals surface area contributed by atoms with E-state index in [0.29, 0.717) is 19.3 Å². The normalized spacial score (nSPS) is 12.4. The van der Waals surface area contributed by atoms with Crippen molar-refractivity contribution in [3.63, 3.8) is 0 Å². The molecule has 0 spiro atoms. The topological polar surface area (TPSA) is 78.9 Å². The first kappa shape index (κ1) is 80.1. The first-order chi connectivity index (χ1) is 41.0. The van der Waals surface area contributed by atoms with E-state index in [4.69, 9.17) is 14.2 Å². The van der Waals surface area contributed by atoms with Crippen molar-refractivity contribution in [3.05, 3.63) is 60.8 Å². The zero-order valence-electron chi connectivity index (χ0n) is 55.7. The van der Waals surface area contributed by atoms with Gasteiger partial charge in [0.15, 0.2) is 6.10 Å². The van der Waals surface area contributed by atoms with Crippen LogP contribution < -0.4 is 0 Å². The second-order valence-corrected chi connectivity index (χ2v) is 24.8. The van der Waals surface area contributed by atoms with Gasteiger partial charge in [0, 0.05) is 19.3 Å². The van der Waals surface area contributed by atoms with E-state index >= 15 is 0 Å². The fraction of sp³-hybridized carbons (Fsp3) is 0.831. The summed E-state index contributed by atoms with van der Waals surface area (Å²) in [5.74, 6) is -0.892. The third kappa shape index (κ3) is 69.8. The van der Waals surface area contributed by atoms with Crippen molar-refractivity contribution in [3.8, 4) is 0 Å². The van der Waals surface area contributed by atoms with Crippen molar-refractivity contribution >= 4 is 17.9 Å². The highest BCUT2D eigenvalue weighted by atomic mass is 16.6. The van der Waals surface area contributed by atoms with E-state index in [1.807, 2.05) is 0 Å². The van der Waals surface area contributed by atoms with Crippen LogP contribution in [0, 0.1) is 0 Å². The minimum Gasteiger partial charge on any atom is -0.462 e. The molecule has 83 heavy (non-hydrogen) atoms. The van der Waals surface area contributed by atoms with E-state index in [2.05, 4.69) is 81.5 Å². The molecule has 0 N–H and O–H groups in total. The Bertz CT molecular complexity index is 1470. The SMILES string of the molecule is CC/C=C\C/C=C\C/C=C\C/C=C\C/C=C\CCCCCC(=O)OC(COC(=O)CCCCCCCCCCCCCCC)COC(=O)CCCCCCCCCCCCCCCCCCCCCCCCCCCCCCCCCCC. The monoisotopic (exact) mass is 1160 g/mol. The lowest BCUT2D eigenvalue weighted by atomic mass is 10.0. The van der Waals surface area contributed by atoms with E-state index in [0.717, 1.165) is 96.3 Å². The van der Waals surface area contributed by atoms with Gasteiger partial charge in [0.2, 0.25) is 0 Å². The molecule has 0 amide bonds. The fourth-order valence-electron chi connectivity index (χ4n) is 11.1. The van der Waals surface area contributed by atoms with Crippen molar-refractivity contribution in [1.82, 2.24) is 0 Å². The van der Waals surface area contributed by atoms with Crippen molar-refractivity contribution in [2.45, 2.75) is 399 Å². The maximum atomic E-state index is 12.9. The molecule has 0 fully saturated rings. The van der Waals surface area contributed by atoms with Crippen LogP contribution in [0.5, 0.6) is 0 Å². The Morgan fingerprint density at radius 2 is 0.470 bits per heavy atom. The molecule has 1 unspecified atom stereocenters. The number of carbonyl (C=O) groups is 3. The second-order valence-electron chi connectivity index (χ2n) is 24.8. The summed E-state index contributed by atoms with van der Waals surface area (Å²) in [6.07, 6.45) is 92.8. The first-order valence-corrected chi connectivity index (χ1v) is 36.8. The maximum absolute atomic E-state index is 12.9. The number of ether oxygens (including phenoxy) is 3. The lowest BCUT2D eigenvalue weighted by Gasteiger charge is -2.18. The molecule has 6 nitrogen and oxygen atoms in total. The van der Waals surface area contributed by atoms with Crippen molar-refractivity contribution in [2.75, 3.05) is 13.2 Å². The Labute approximate surface area is 517 Å². The molecule has 0 aromatic carbocycles. The highest BCUT2D eigenvalue weighted by Crippen LogP contribution is 2.19. The molecule has 0 aliphatic carbocycles. The van der Waals surface area contributed by atoms with Gasteiger partial charge in [0.25, 0.3) is 0 Å². The van der Waals surface area contributed by atoms with E-state index in [1.165, 1.54) is 257 Å². The summed E-state index contributed by atoms with van der Waals surface area (Å²) in [6.45, 7) is 6.56. The lowest BCUT2D eigenvalue weighted by molar-refractivity contribution is -0.167. The average Bonchev–Trinajstić information content (AvgIpc) is 3.49. The molecule has 0 bridgehead atoms. The summed E-state index contributed by atoms with van der Waals surface area (Å²) in [7, 11) is 0. The van der Waals surface area contributed by atoms with Gasteiger partial charge in [-0.15, -0.1) is 0 Å². The van der Waals surface area contributed by atoms with Crippen molar-refractivity contribution < 1.29 is 28.6 Å². The van der Waals surface area contributed by atoms with Crippen LogP contribution in [0.4, 0.5) is 0 Å². The Morgan fingerprint density at radius 1 is 0.253 bits per heavy atom. The highest BCUT2D eigenvalue weighted by molar-refractivity contribution is 5.71. The number of carbonyl (C=O) groups excluding carboxylic acids is 3. The summed E-state index contributed by atoms with van der Waals surface area (Å²) in [6, 6.07) is 0. The van der Waals surface area contributed by atoms with Gasteiger partial charge in [0.05, 0.1) is 0 Å². The van der Waals surface area contributed by atoms with Crippen LogP contribution >= 0.6 is 0 Å². The minimum absolute atomic E-state index is 0.0830. The van der Waals surface area contributed by atoms with E-state index in [-0.39, 0.29) is 31.1 Å².